The summed E-state index contributed by atoms with van der Waals surface area (Å²) in [6.07, 6.45) is 10.3. The van der Waals surface area contributed by atoms with Gasteiger partial charge in [-0.15, -0.1) is 0 Å². The molecule has 2 nitrogen and oxygen atoms in total. The van der Waals surface area contributed by atoms with E-state index in [1.54, 1.807) is 6.20 Å². The summed E-state index contributed by atoms with van der Waals surface area (Å²) in [5.41, 5.74) is 7.45. The second-order valence-electron chi connectivity index (χ2n) is 4.86. The van der Waals surface area contributed by atoms with Crippen molar-refractivity contribution in [1.82, 2.24) is 4.98 Å². The molecular formula is C13H20N2. The molecule has 0 aromatic carbocycles. The zero-order valence-corrected chi connectivity index (χ0v) is 9.45. The van der Waals surface area contributed by atoms with E-state index < -0.39 is 0 Å². The second-order valence-corrected chi connectivity index (χ2v) is 4.86. The van der Waals surface area contributed by atoms with Crippen molar-refractivity contribution in [1.29, 1.82) is 0 Å². The predicted molar refractivity (Wildman–Crippen MR) is 62.4 cm³/mol. The molecule has 15 heavy (non-hydrogen) atoms. The van der Waals surface area contributed by atoms with Gasteiger partial charge in [0.1, 0.15) is 0 Å². The molecule has 1 aromatic rings. The highest BCUT2D eigenvalue weighted by Gasteiger charge is 2.32. The molecule has 0 aliphatic heterocycles. The van der Waals surface area contributed by atoms with Crippen molar-refractivity contribution >= 4 is 0 Å². The third-order valence-electron chi connectivity index (χ3n) is 3.74. The molecule has 1 aromatic heterocycles. The van der Waals surface area contributed by atoms with Crippen LogP contribution in [-0.4, -0.2) is 4.98 Å². The number of nitrogens with zero attached hydrogens (tertiary/aromatic N) is 1. The van der Waals surface area contributed by atoms with E-state index in [4.69, 9.17) is 5.73 Å². The van der Waals surface area contributed by atoms with Crippen molar-refractivity contribution in [2.45, 2.75) is 44.6 Å². The molecule has 1 fully saturated rings. The number of rotatable bonds is 2. The number of pyridine rings is 1. The van der Waals surface area contributed by atoms with Crippen molar-refractivity contribution in [3.63, 3.8) is 0 Å². The van der Waals surface area contributed by atoms with E-state index >= 15 is 0 Å². The van der Waals surface area contributed by atoms with E-state index in [-0.39, 0.29) is 5.54 Å². The summed E-state index contributed by atoms with van der Waals surface area (Å²) in [6.45, 7) is 2.15. The summed E-state index contributed by atoms with van der Waals surface area (Å²) in [5.74, 6) is 0.621. The van der Waals surface area contributed by atoms with E-state index in [0.29, 0.717) is 5.92 Å². The van der Waals surface area contributed by atoms with Crippen LogP contribution in [0.3, 0.4) is 0 Å². The zero-order valence-electron chi connectivity index (χ0n) is 9.45. The Bertz CT molecular complexity index is 300. The topological polar surface area (TPSA) is 38.9 Å². The van der Waals surface area contributed by atoms with Crippen LogP contribution in [0, 0.1) is 5.92 Å². The number of aromatic nitrogens is 1. The van der Waals surface area contributed by atoms with Crippen LogP contribution < -0.4 is 5.73 Å². The highest BCUT2D eigenvalue weighted by molar-refractivity contribution is 5.20. The summed E-state index contributed by atoms with van der Waals surface area (Å²) >= 11 is 0. The lowest BCUT2D eigenvalue weighted by molar-refractivity contribution is 0.224. The molecule has 82 valence electrons. The molecule has 0 saturated heterocycles. The van der Waals surface area contributed by atoms with Gasteiger partial charge in [-0.2, -0.15) is 0 Å². The molecule has 0 amide bonds. The van der Waals surface area contributed by atoms with E-state index in [2.05, 4.69) is 18.0 Å². The van der Waals surface area contributed by atoms with E-state index in [1.807, 2.05) is 12.3 Å². The van der Waals surface area contributed by atoms with Gasteiger partial charge in [-0.3, -0.25) is 4.98 Å². The van der Waals surface area contributed by atoms with Gasteiger partial charge in [0.05, 0.1) is 0 Å². The Labute approximate surface area is 91.9 Å². The minimum Gasteiger partial charge on any atom is -0.321 e. The van der Waals surface area contributed by atoms with E-state index in [1.165, 1.54) is 37.7 Å². The molecule has 0 spiro atoms. The van der Waals surface area contributed by atoms with Gasteiger partial charge in [0, 0.05) is 17.9 Å². The average molecular weight is 204 g/mol. The Morgan fingerprint density at radius 3 is 2.67 bits per heavy atom. The van der Waals surface area contributed by atoms with Crippen LogP contribution in [0.2, 0.25) is 0 Å². The van der Waals surface area contributed by atoms with Crippen LogP contribution >= 0.6 is 0 Å². The lowest BCUT2D eigenvalue weighted by atomic mass is 9.73. The van der Waals surface area contributed by atoms with Gasteiger partial charge in [0.25, 0.3) is 0 Å². The molecule has 0 radical (unpaired) electrons. The number of hydrogen-bond donors (Lipinski definition) is 1. The summed E-state index contributed by atoms with van der Waals surface area (Å²) in [4.78, 5) is 4.17. The van der Waals surface area contributed by atoms with Gasteiger partial charge >= 0.3 is 0 Å². The molecule has 1 aliphatic rings. The van der Waals surface area contributed by atoms with Crippen molar-refractivity contribution < 1.29 is 0 Å². The number of nitrogens with two attached hydrogens (primary N) is 1. The normalized spacial score (nSPS) is 22.3. The molecule has 1 aliphatic carbocycles. The van der Waals surface area contributed by atoms with Gasteiger partial charge in [-0.1, -0.05) is 25.3 Å². The van der Waals surface area contributed by atoms with Crippen molar-refractivity contribution in [3.8, 4) is 0 Å². The van der Waals surface area contributed by atoms with Gasteiger partial charge in [-0.05, 0) is 37.3 Å². The summed E-state index contributed by atoms with van der Waals surface area (Å²) < 4.78 is 0. The molecule has 1 atom stereocenters. The van der Waals surface area contributed by atoms with Gasteiger partial charge in [-0.25, -0.2) is 0 Å². The molecule has 1 saturated carbocycles. The maximum absolute atomic E-state index is 6.47. The zero-order chi connectivity index (χ0) is 10.7. The molecule has 2 heteroatoms. The number of hydrogen-bond acceptors (Lipinski definition) is 2. The Morgan fingerprint density at radius 2 is 2.07 bits per heavy atom. The van der Waals surface area contributed by atoms with Crippen LogP contribution in [0.1, 0.15) is 44.6 Å². The van der Waals surface area contributed by atoms with Crippen LogP contribution in [-0.2, 0) is 5.54 Å². The standard InChI is InChI=1S/C13H20N2/c1-13(14,11-6-3-2-4-7-11)12-8-5-9-15-10-12/h5,8-11H,2-4,6-7,14H2,1H3. The molecular weight excluding hydrogens is 184 g/mol. The van der Waals surface area contributed by atoms with E-state index in [9.17, 15) is 0 Å². The Morgan fingerprint density at radius 1 is 1.33 bits per heavy atom. The summed E-state index contributed by atoms with van der Waals surface area (Å²) in [7, 11) is 0. The Kier molecular flexibility index (Phi) is 3.06. The Balaban J connectivity index is 2.18. The molecule has 2 rings (SSSR count). The smallest absolute Gasteiger partial charge is 0.0424 e. The summed E-state index contributed by atoms with van der Waals surface area (Å²) in [6, 6.07) is 4.07. The fourth-order valence-corrected chi connectivity index (χ4v) is 2.62. The van der Waals surface area contributed by atoms with Crippen molar-refractivity contribution in [2.24, 2.45) is 11.7 Å². The van der Waals surface area contributed by atoms with Crippen LogP contribution in [0.25, 0.3) is 0 Å². The fraction of sp³-hybridized carbons (Fsp3) is 0.615. The monoisotopic (exact) mass is 204 g/mol. The maximum atomic E-state index is 6.47. The predicted octanol–water partition coefficient (Wildman–Crippen LogP) is 2.84. The van der Waals surface area contributed by atoms with Crippen LogP contribution in [0.5, 0.6) is 0 Å². The van der Waals surface area contributed by atoms with Crippen LogP contribution in [0.4, 0.5) is 0 Å². The Hall–Kier alpha value is -0.890. The van der Waals surface area contributed by atoms with Crippen molar-refractivity contribution in [3.05, 3.63) is 30.1 Å². The molecule has 1 unspecified atom stereocenters. The fourth-order valence-electron chi connectivity index (χ4n) is 2.62. The van der Waals surface area contributed by atoms with Crippen molar-refractivity contribution in [2.75, 3.05) is 0 Å². The highest BCUT2D eigenvalue weighted by Crippen LogP contribution is 2.36. The lowest BCUT2D eigenvalue weighted by Gasteiger charge is -2.37. The minimum absolute atomic E-state index is 0.200. The van der Waals surface area contributed by atoms with E-state index in [0.717, 1.165) is 0 Å². The van der Waals surface area contributed by atoms with Gasteiger partial charge in [0.2, 0.25) is 0 Å². The van der Waals surface area contributed by atoms with Crippen LogP contribution in [0.15, 0.2) is 24.5 Å². The first-order chi connectivity index (χ1) is 7.21. The minimum atomic E-state index is -0.200. The second kappa shape index (κ2) is 4.31. The quantitative estimate of drug-likeness (QED) is 0.804. The average Bonchev–Trinajstić information content (AvgIpc) is 2.31. The third-order valence-corrected chi connectivity index (χ3v) is 3.74. The first-order valence-electron chi connectivity index (χ1n) is 5.90. The molecule has 1 heterocycles. The van der Waals surface area contributed by atoms with Gasteiger partial charge < -0.3 is 5.73 Å². The molecule has 2 N–H and O–H groups in total. The third kappa shape index (κ3) is 2.20. The molecule has 0 bridgehead atoms. The highest BCUT2D eigenvalue weighted by atomic mass is 14.8. The SMILES string of the molecule is CC(N)(c1cccnc1)C1CCCCC1. The van der Waals surface area contributed by atoms with Gasteiger partial charge in [0.15, 0.2) is 0 Å². The summed E-state index contributed by atoms with van der Waals surface area (Å²) in [5, 5.41) is 0. The maximum Gasteiger partial charge on any atom is 0.0424 e. The first-order valence-corrected chi connectivity index (χ1v) is 5.90. The first kappa shape index (κ1) is 10.6. The lowest BCUT2D eigenvalue weighted by Crippen LogP contribution is -2.42. The largest absolute Gasteiger partial charge is 0.321 e.